The Kier molecular flexibility index (Phi) is 5.01. The van der Waals surface area contributed by atoms with Gasteiger partial charge < -0.3 is 5.11 Å². The summed E-state index contributed by atoms with van der Waals surface area (Å²) in [5.41, 5.74) is -0.678. The lowest BCUT2D eigenvalue weighted by molar-refractivity contribution is -0.158. The van der Waals surface area contributed by atoms with Crippen molar-refractivity contribution in [3.05, 3.63) is 0 Å². The summed E-state index contributed by atoms with van der Waals surface area (Å²) in [4.78, 5) is 12.0. The van der Waals surface area contributed by atoms with Crippen molar-refractivity contribution in [1.82, 2.24) is 0 Å². The molecule has 0 radical (unpaired) electrons. The lowest BCUT2D eigenvalue weighted by Crippen LogP contribution is -2.46. The fourth-order valence-corrected chi connectivity index (χ4v) is 5.73. The number of carbonyl (C=O) groups is 1. The molecule has 0 aromatic carbocycles. The van der Waals surface area contributed by atoms with E-state index in [1.165, 1.54) is 6.26 Å². The zero-order valence-electron chi connectivity index (χ0n) is 13.2. The van der Waals surface area contributed by atoms with E-state index in [-0.39, 0.29) is 11.2 Å². The molecule has 0 aromatic heterocycles. The van der Waals surface area contributed by atoms with Crippen LogP contribution in [-0.2, 0) is 14.6 Å². The van der Waals surface area contributed by atoms with Crippen LogP contribution in [0.4, 0.5) is 0 Å². The van der Waals surface area contributed by atoms with Gasteiger partial charge in [-0.25, -0.2) is 8.42 Å². The van der Waals surface area contributed by atoms with Gasteiger partial charge in [0.15, 0.2) is 0 Å². The predicted molar refractivity (Wildman–Crippen MR) is 82.9 cm³/mol. The fraction of sp³-hybridized carbons (Fsp3) is 0.938. The molecule has 0 aliphatic heterocycles. The van der Waals surface area contributed by atoms with Crippen LogP contribution in [0.15, 0.2) is 0 Å². The summed E-state index contributed by atoms with van der Waals surface area (Å²) >= 11 is 0. The minimum atomic E-state index is -3.06. The Balaban J connectivity index is 2.24. The Morgan fingerprint density at radius 2 is 1.95 bits per heavy atom. The quantitative estimate of drug-likeness (QED) is 0.864. The third-order valence-corrected chi connectivity index (χ3v) is 7.54. The molecule has 0 aromatic rings. The summed E-state index contributed by atoms with van der Waals surface area (Å²) in [6.07, 6.45) is 8.81. The summed E-state index contributed by atoms with van der Waals surface area (Å²) < 4.78 is 23.7. The second kappa shape index (κ2) is 6.27. The van der Waals surface area contributed by atoms with Crippen molar-refractivity contribution >= 4 is 15.8 Å². The van der Waals surface area contributed by atoms with Crippen molar-refractivity contribution < 1.29 is 18.3 Å². The average Bonchev–Trinajstić information content (AvgIpc) is 2.46. The van der Waals surface area contributed by atoms with Crippen LogP contribution in [0.25, 0.3) is 0 Å². The monoisotopic (exact) mass is 316 g/mol. The maximum Gasteiger partial charge on any atom is 0.309 e. The third-order valence-electron chi connectivity index (χ3n) is 5.90. The Morgan fingerprint density at radius 3 is 2.52 bits per heavy atom. The molecule has 4 unspecified atom stereocenters. The highest BCUT2D eigenvalue weighted by molar-refractivity contribution is 7.91. The minimum absolute atomic E-state index is 0.0258. The number of rotatable bonds is 4. The number of aliphatic carboxylic acids is 1. The normalized spacial score (nSPS) is 38.1. The van der Waals surface area contributed by atoms with Crippen LogP contribution in [0.5, 0.6) is 0 Å². The summed E-state index contributed by atoms with van der Waals surface area (Å²) in [6.45, 7) is 2.13. The molecular weight excluding hydrogens is 288 g/mol. The molecule has 2 fully saturated rings. The van der Waals surface area contributed by atoms with Gasteiger partial charge in [-0.2, -0.15) is 0 Å². The van der Waals surface area contributed by atoms with E-state index in [0.29, 0.717) is 18.8 Å². The Morgan fingerprint density at radius 1 is 1.24 bits per heavy atom. The van der Waals surface area contributed by atoms with E-state index in [1.807, 2.05) is 0 Å². The van der Waals surface area contributed by atoms with Crippen LogP contribution in [-0.4, -0.2) is 31.0 Å². The van der Waals surface area contributed by atoms with Crippen molar-refractivity contribution in [3.63, 3.8) is 0 Å². The first-order valence-corrected chi connectivity index (χ1v) is 10.2. The molecule has 0 amide bonds. The molecule has 2 rings (SSSR count). The van der Waals surface area contributed by atoms with Crippen molar-refractivity contribution in [1.29, 1.82) is 0 Å². The van der Waals surface area contributed by atoms with Gasteiger partial charge in [0.25, 0.3) is 0 Å². The van der Waals surface area contributed by atoms with Crippen LogP contribution < -0.4 is 0 Å². The zero-order chi connectivity index (χ0) is 15.7. The first-order valence-electron chi connectivity index (χ1n) is 8.22. The highest BCUT2D eigenvalue weighted by Crippen LogP contribution is 2.51. The molecule has 0 spiro atoms. The predicted octanol–water partition coefficient (Wildman–Crippen LogP) is 3.26. The third kappa shape index (κ3) is 3.43. The van der Waals surface area contributed by atoms with Gasteiger partial charge in [0, 0.05) is 6.26 Å². The van der Waals surface area contributed by atoms with Gasteiger partial charge in [0.05, 0.1) is 10.7 Å². The van der Waals surface area contributed by atoms with E-state index < -0.39 is 21.2 Å². The standard InChI is InChI=1S/C16H28O4S/c1-3-12-6-5-9-16(11-12,15(17)18)13-7-4-8-14(10-13)21(2,19)20/h12-14H,3-11H2,1-2H3,(H,17,18). The number of hydrogen-bond acceptors (Lipinski definition) is 3. The minimum Gasteiger partial charge on any atom is -0.481 e. The Hall–Kier alpha value is -0.580. The maximum absolute atomic E-state index is 12.0. The van der Waals surface area contributed by atoms with Crippen LogP contribution >= 0.6 is 0 Å². The summed E-state index contributed by atoms with van der Waals surface area (Å²) in [5, 5.41) is 9.56. The second-order valence-corrected chi connectivity index (χ2v) is 9.47. The lowest BCUT2D eigenvalue weighted by atomic mass is 9.59. The van der Waals surface area contributed by atoms with E-state index in [9.17, 15) is 18.3 Å². The Bertz CT molecular complexity index is 485. The van der Waals surface area contributed by atoms with Gasteiger partial charge in [-0.3, -0.25) is 4.79 Å². The largest absolute Gasteiger partial charge is 0.481 e. The van der Waals surface area contributed by atoms with Gasteiger partial charge in [0.1, 0.15) is 9.84 Å². The molecule has 122 valence electrons. The highest BCUT2D eigenvalue weighted by atomic mass is 32.2. The molecule has 21 heavy (non-hydrogen) atoms. The molecule has 2 aliphatic carbocycles. The molecule has 0 saturated heterocycles. The van der Waals surface area contributed by atoms with Gasteiger partial charge in [-0.15, -0.1) is 0 Å². The molecule has 2 saturated carbocycles. The van der Waals surface area contributed by atoms with E-state index in [4.69, 9.17) is 0 Å². The number of hydrogen-bond donors (Lipinski definition) is 1. The highest BCUT2D eigenvalue weighted by Gasteiger charge is 2.50. The first-order chi connectivity index (χ1) is 9.79. The van der Waals surface area contributed by atoms with Crippen molar-refractivity contribution in [2.24, 2.45) is 17.3 Å². The van der Waals surface area contributed by atoms with E-state index in [0.717, 1.165) is 44.9 Å². The molecule has 4 atom stereocenters. The molecule has 1 N–H and O–H groups in total. The van der Waals surface area contributed by atoms with E-state index >= 15 is 0 Å². The smallest absolute Gasteiger partial charge is 0.309 e. The SMILES string of the molecule is CCC1CCCC(C(=O)O)(C2CCCC(S(C)(=O)=O)C2)C1. The summed E-state index contributed by atoms with van der Waals surface area (Å²) in [7, 11) is -3.06. The topological polar surface area (TPSA) is 71.4 Å². The number of carboxylic acid groups (broad SMARTS) is 1. The van der Waals surface area contributed by atoms with Crippen molar-refractivity contribution in [2.45, 2.75) is 70.0 Å². The van der Waals surface area contributed by atoms with Gasteiger partial charge in [-0.1, -0.05) is 32.6 Å². The number of sulfone groups is 1. The molecule has 4 nitrogen and oxygen atoms in total. The molecule has 5 heteroatoms. The van der Waals surface area contributed by atoms with E-state index in [2.05, 4.69) is 6.92 Å². The molecular formula is C16H28O4S. The summed E-state index contributed by atoms with van der Waals surface area (Å²) in [5.74, 6) is -0.189. The van der Waals surface area contributed by atoms with Crippen molar-refractivity contribution in [3.8, 4) is 0 Å². The van der Waals surface area contributed by atoms with Gasteiger partial charge in [0.2, 0.25) is 0 Å². The van der Waals surface area contributed by atoms with Crippen LogP contribution in [0.1, 0.15) is 64.7 Å². The van der Waals surface area contributed by atoms with Crippen LogP contribution in [0.3, 0.4) is 0 Å². The van der Waals surface area contributed by atoms with Crippen LogP contribution in [0.2, 0.25) is 0 Å². The fourth-order valence-electron chi connectivity index (χ4n) is 4.55. The van der Waals surface area contributed by atoms with Gasteiger partial charge in [-0.05, 0) is 43.9 Å². The lowest BCUT2D eigenvalue weighted by Gasteiger charge is -2.45. The first kappa shape index (κ1) is 16.8. The zero-order valence-corrected chi connectivity index (χ0v) is 14.0. The van der Waals surface area contributed by atoms with Crippen LogP contribution in [0, 0.1) is 17.3 Å². The number of carboxylic acids is 1. The molecule has 0 heterocycles. The Labute approximate surface area is 128 Å². The second-order valence-electron chi connectivity index (χ2n) is 7.15. The maximum atomic E-state index is 12.0. The van der Waals surface area contributed by atoms with Gasteiger partial charge >= 0.3 is 5.97 Å². The summed E-state index contributed by atoms with van der Waals surface area (Å²) in [6, 6.07) is 0. The van der Waals surface area contributed by atoms with E-state index in [1.54, 1.807) is 0 Å². The van der Waals surface area contributed by atoms with Crippen molar-refractivity contribution in [2.75, 3.05) is 6.26 Å². The molecule has 2 aliphatic rings. The molecule has 0 bridgehead atoms. The average molecular weight is 316 g/mol.